The van der Waals surface area contributed by atoms with E-state index < -0.39 is 17.5 Å². The summed E-state index contributed by atoms with van der Waals surface area (Å²) >= 11 is 0. The highest BCUT2D eigenvalue weighted by molar-refractivity contribution is 6.01. The molecular weight excluding hydrogens is 553 g/mol. The van der Waals surface area contributed by atoms with Crippen LogP contribution in [0.2, 0.25) is 0 Å². The first-order valence-electron chi connectivity index (χ1n) is 14.1. The Morgan fingerprint density at radius 2 is 1.93 bits per heavy atom. The first kappa shape index (κ1) is 29.7. The van der Waals surface area contributed by atoms with Gasteiger partial charge in [-0.1, -0.05) is 6.07 Å². The van der Waals surface area contributed by atoms with E-state index >= 15 is 4.39 Å². The zero-order chi connectivity index (χ0) is 30.9. The smallest absolute Gasteiger partial charge is 0.412 e. The maximum Gasteiger partial charge on any atom is 0.412 e. The van der Waals surface area contributed by atoms with Crippen molar-refractivity contribution in [1.82, 2.24) is 24.6 Å². The van der Waals surface area contributed by atoms with Crippen LogP contribution in [0.3, 0.4) is 0 Å². The van der Waals surface area contributed by atoms with E-state index in [0.717, 1.165) is 5.69 Å². The Bertz CT molecular complexity index is 1680. The minimum absolute atomic E-state index is 0.0250. The van der Waals surface area contributed by atoms with E-state index in [9.17, 15) is 9.59 Å². The Morgan fingerprint density at radius 3 is 2.65 bits per heavy atom. The largest absolute Gasteiger partial charge is 0.481 e. The summed E-state index contributed by atoms with van der Waals surface area (Å²) in [7, 11) is 1.51. The van der Waals surface area contributed by atoms with Crippen LogP contribution in [0.1, 0.15) is 51.4 Å². The van der Waals surface area contributed by atoms with Crippen molar-refractivity contribution in [1.29, 1.82) is 0 Å². The highest BCUT2D eigenvalue weighted by atomic mass is 19.1. The number of rotatable bonds is 7. The van der Waals surface area contributed by atoms with Gasteiger partial charge in [-0.2, -0.15) is 5.10 Å². The van der Waals surface area contributed by atoms with E-state index in [1.54, 1.807) is 49.8 Å². The molecule has 5 rings (SSSR count). The quantitative estimate of drug-likeness (QED) is 0.292. The van der Waals surface area contributed by atoms with Gasteiger partial charge in [-0.3, -0.25) is 14.8 Å². The number of aromatic nitrogens is 4. The topological polar surface area (TPSA) is 123 Å². The van der Waals surface area contributed by atoms with Crippen LogP contribution in [0.4, 0.5) is 26.5 Å². The van der Waals surface area contributed by atoms with Crippen molar-refractivity contribution < 1.29 is 23.5 Å². The maximum atomic E-state index is 16.0. The minimum Gasteiger partial charge on any atom is -0.481 e. The molecule has 2 N–H and O–H groups in total. The van der Waals surface area contributed by atoms with Gasteiger partial charge in [0.05, 0.1) is 12.8 Å². The number of methoxy groups -OCH3 is 1. The van der Waals surface area contributed by atoms with Crippen LogP contribution in [-0.4, -0.2) is 61.9 Å². The molecule has 3 aromatic heterocycles. The standard InChI is InChI=1S/C31H36FN7O4/c1-18(2)38-11-9-22-15-25(37-39(22)17-26(38)40)35-24-14-20-13-21(12-19-8-7-10-33-29(19)42-6)27(32)28(23(20)16-34-24)36-30(41)43-31(3,4)5/h7-8,10,13-16,18H,9,11-12,17H2,1-6H3,(H,36,41)(H,34,35,37). The number of amides is 2. The van der Waals surface area contributed by atoms with Gasteiger partial charge in [0, 0.05) is 60.5 Å². The molecule has 0 atom stereocenters. The molecule has 12 heteroatoms. The third-order valence-corrected chi connectivity index (χ3v) is 7.04. The van der Waals surface area contributed by atoms with Crippen molar-refractivity contribution in [3.8, 4) is 5.88 Å². The number of hydrogen-bond donors (Lipinski definition) is 2. The summed E-state index contributed by atoms with van der Waals surface area (Å²) in [5.41, 5.74) is 1.14. The van der Waals surface area contributed by atoms with Crippen LogP contribution >= 0.6 is 0 Å². The van der Waals surface area contributed by atoms with Gasteiger partial charge in [-0.15, -0.1) is 0 Å². The zero-order valence-corrected chi connectivity index (χ0v) is 25.2. The average Bonchev–Trinajstić information content (AvgIpc) is 3.22. The monoisotopic (exact) mass is 589 g/mol. The molecule has 0 aliphatic carbocycles. The summed E-state index contributed by atoms with van der Waals surface area (Å²) in [5, 5.41) is 11.4. The van der Waals surface area contributed by atoms with Gasteiger partial charge >= 0.3 is 6.09 Å². The van der Waals surface area contributed by atoms with Crippen LogP contribution in [-0.2, 0) is 28.9 Å². The fraction of sp³-hybridized carbons (Fsp3) is 0.387. The first-order chi connectivity index (χ1) is 20.4. The van der Waals surface area contributed by atoms with E-state index in [2.05, 4.69) is 25.7 Å². The Hall–Kier alpha value is -4.74. The zero-order valence-electron chi connectivity index (χ0n) is 25.2. The molecule has 11 nitrogen and oxygen atoms in total. The van der Waals surface area contributed by atoms with Crippen molar-refractivity contribution in [2.45, 2.75) is 65.6 Å². The van der Waals surface area contributed by atoms with Crippen LogP contribution in [0.25, 0.3) is 10.8 Å². The summed E-state index contributed by atoms with van der Waals surface area (Å²) in [6.07, 6.45) is 3.17. The van der Waals surface area contributed by atoms with Gasteiger partial charge in [0.15, 0.2) is 11.6 Å². The summed E-state index contributed by atoms with van der Waals surface area (Å²) in [6, 6.07) is 9.07. The number of ether oxygens (including phenoxy) is 2. The van der Waals surface area contributed by atoms with Crippen LogP contribution in [0, 0.1) is 5.82 Å². The molecule has 0 bridgehead atoms. The normalized spacial score (nSPS) is 13.6. The molecule has 0 saturated carbocycles. The Kier molecular flexibility index (Phi) is 8.21. The van der Waals surface area contributed by atoms with Gasteiger partial charge in [0.25, 0.3) is 0 Å². The minimum atomic E-state index is -0.781. The molecule has 0 spiro atoms. The first-order valence-corrected chi connectivity index (χ1v) is 14.1. The molecule has 226 valence electrons. The summed E-state index contributed by atoms with van der Waals surface area (Å²) < 4.78 is 28.5. The molecule has 4 heterocycles. The van der Waals surface area contributed by atoms with Crippen molar-refractivity contribution in [3.63, 3.8) is 0 Å². The Labute approximate surface area is 249 Å². The lowest BCUT2D eigenvalue weighted by molar-refractivity contribution is -0.133. The summed E-state index contributed by atoms with van der Waals surface area (Å²) in [5.74, 6) is 0.815. The maximum absolute atomic E-state index is 16.0. The highest BCUT2D eigenvalue weighted by Gasteiger charge is 2.25. The third-order valence-electron chi connectivity index (χ3n) is 7.04. The highest BCUT2D eigenvalue weighted by Crippen LogP contribution is 2.33. The molecular formula is C31H36FN7O4. The van der Waals surface area contributed by atoms with Gasteiger partial charge in [0.2, 0.25) is 11.8 Å². The molecule has 43 heavy (non-hydrogen) atoms. The predicted octanol–water partition coefficient (Wildman–Crippen LogP) is 5.45. The van der Waals surface area contributed by atoms with E-state index in [1.807, 2.05) is 30.9 Å². The Morgan fingerprint density at radius 1 is 1.14 bits per heavy atom. The fourth-order valence-electron chi connectivity index (χ4n) is 5.11. The number of halogens is 1. The molecule has 1 aliphatic heterocycles. The number of pyridine rings is 2. The number of carbonyl (C=O) groups excluding carboxylic acids is 2. The second-order valence-electron chi connectivity index (χ2n) is 11.7. The van der Waals surface area contributed by atoms with Crippen molar-refractivity contribution in [3.05, 3.63) is 65.4 Å². The molecule has 2 amide bonds. The number of benzene rings is 1. The molecule has 1 aliphatic rings. The lowest BCUT2D eigenvalue weighted by atomic mass is 10.00. The van der Waals surface area contributed by atoms with Gasteiger partial charge < -0.3 is 19.7 Å². The molecule has 0 fully saturated rings. The lowest BCUT2D eigenvalue weighted by Gasteiger charge is -2.24. The van der Waals surface area contributed by atoms with Crippen molar-refractivity contribution >= 4 is 40.1 Å². The van der Waals surface area contributed by atoms with Crippen molar-refractivity contribution in [2.24, 2.45) is 0 Å². The fourth-order valence-corrected chi connectivity index (χ4v) is 5.11. The van der Waals surface area contributed by atoms with Crippen LogP contribution < -0.4 is 15.4 Å². The third kappa shape index (κ3) is 6.68. The number of carbonyl (C=O) groups is 2. The molecule has 0 unspecified atom stereocenters. The Balaban J connectivity index is 1.49. The number of anilines is 3. The molecule has 4 aromatic rings. The number of hydrogen-bond acceptors (Lipinski definition) is 8. The molecule has 0 radical (unpaired) electrons. The van der Waals surface area contributed by atoms with Gasteiger partial charge in [0.1, 0.15) is 18.0 Å². The second kappa shape index (κ2) is 11.9. The number of fused-ring (bicyclic) bond motifs is 2. The van der Waals surface area contributed by atoms with Crippen LogP contribution in [0.15, 0.2) is 42.7 Å². The molecule has 0 saturated heterocycles. The number of nitrogens with one attached hydrogen (secondary N) is 2. The predicted molar refractivity (Wildman–Crippen MR) is 161 cm³/mol. The lowest BCUT2D eigenvalue weighted by Crippen LogP contribution is -2.38. The van der Waals surface area contributed by atoms with Gasteiger partial charge in [-0.25, -0.2) is 19.2 Å². The van der Waals surface area contributed by atoms with E-state index in [4.69, 9.17) is 9.47 Å². The summed E-state index contributed by atoms with van der Waals surface area (Å²) in [4.78, 5) is 36.0. The average molecular weight is 590 g/mol. The molecule has 1 aromatic carbocycles. The summed E-state index contributed by atoms with van der Waals surface area (Å²) in [6.45, 7) is 10.00. The van der Waals surface area contributed by atoms with E-state index in [1.165, 1.54) is 13.3 Å². The number of nitrogens with zero attached hydrogens (tertiary/aromatic N) is 5. The van der Waals surface area contributed by atoms with E-state index in [-0.39, 0.29) is 30.6 Å². The van der Waals surface area contributed by atoms with Crippen molar-refractivity contribution in [2.75, 3.05) is 24.3 Å². The van der Waals surface area contributed by atoms with Gasteiger partial charge in [-0.05, 0) is 63.8 Å². The second-order valence-corrected chi connectivity index (χ2v) is 11.7. The SMILES string of the molecule is COc1ncccc1Cc1cc2cc(Nc3cc4n(n3)CC(=O)N(C(C)C)CC4)ncc2c(NC(=O)OC(C)(C)C)c1F. The van der Waals surface area contributed by atoms with E-state index in [0.29, 0.717) is 52.4 Å². The van der Waals surface area contributed by atoms with Crippen LogP contribution in [0.5, 0.6) is 5.88 Å².